The van der Waals surface area contributed by atoms with Gasteiger partial charge in [0.2, 0.25) is 0 Å². The van der Waals surface area contributed by atoms with Crippen LogP contribution in [-0.2, 0) is 15.6 Å². The lowest BCUT2D eigenvalue weighted by Gasteiger charge is -2.10. The average Bonchev–Trinajstić information content (AvgIpc) is 2.51. The summed E-state index contributed by atoms with van der Waals surface area (Å²) in [5, 5.41) is 1.78. The number of hydrogen-bond donors (Lipinski definition) is 1. The molecule has 3 aromatic rings. The second kappa shape index (κ2) is 5.46. The fourth-order valence-electron chi connectivity index (χ4n) is 2.54. The van der Waals surface area contributed by atoms with Gasteiger partial charge in [0.25, 0.3) is 0 Å². The van der Waals surface area contributed by atoms with Crippen molar-refractivity contribution >= 4 is 26.3 Å². The van der Waals surface area contributed by atoms with Crippen LogP contribution in [0, 0.1) is 6.92 Å². The van der Waals surface area contributed by atoms with E-state index in [1.807, 2.05) is 43.3 Å². The predicted octanol–water partition coefficient (Wildman–Crippen LogP) is 3.70. The molecule has 0 fully saturated rings. The molecule has 0 aliphatic rings. The summed E-state index contributed by atoms with van der Waals surface area (Å²) in [5.41, 5.74) is 8.43. The number of sulfone groups is 1. The van der Waals surface area contributed by atoms with Gasteiger partial charge in [0.15, 0.2) is 9.84 Å². The molecular formula is C18H17NO2S. The molecule has 0 spiro atoms. The van der Waals surface area contributed by atoms with E-state index in [4.69, 9.17) is 5.73 Å². The molecular weight excluding hydrogens is 294 g/mol. The summed E-state index contributed by atoms with van der Waals surface area (Å²) >= 11 is 0. The van der Waals surface area contributed by atoms with Gasteiger partial charge in [0.05, 0.1) is 10.6 Å². The summed E-state index contributed by atoms with van der Waals surface area (Å²) in [4.78, 5) is 0.346. The Morgan fingerprint density at radius 1 is 0.864 bits per heavy atom. The van der Waals surface area contributed by atoms with Crippen molar-refractivity contribution in [2.24, 2.45) is 0 Å². The van der Waals surface area contributed by atoms with Crippen LogP contribution in [-0.4, -0.2) is 8.42 Å². The maximum Gasteiger partial charge on any atom is 0.182 e. The van der Waals surface area contributed by atoms with Crippen LogP contribution in [0.1, 0.15) is 11.1 Å². The van der Waals surface area contributed by atoms with E-state index in [0.29, 0.717) is 10.6 Å². The third-order valence-corrected chi connectivity index (χ3v) is 5.46. The van der Waals surface area contributed by atoms with Gasteiger partial charge in [-0.1, -0.05) is 48.0 Å². The highest BCUT2D eigenvalue weighted by Crippen LogP contribution is 2.27. The van der Waals surface area contributed by atoms with Crippen molar-refractivity contribution in [2.45, 2.75) is 17.6 Å². The van der Waals surface area contributed by atoms with Crippen molar-refractivity contribution in [1.29, 1.82) is 0 Å². The lowest BCUT2D eigenvalue weighted by Crippen LogP contribution is -2.06. The molecule has 3 rings (SSSR count). The molecule has 0 unspecified atom stereocenters. The molecule has 0 aliphatic heterocycles. The largest absolute Gasteiger partial charge is 0.398 e. The van der Waals surface area contributed by atoms with E-state index in [1.54, 1.807) is 24.3 Å². The summed E-state index contributed by atoms with van der Waals surface area (Å²) < 4.78 is 25.2. The minimum atomic E-state index is -3.38. The number of fused-ring (bicyclic) bond motifs is 1. The molecule has 0 saturated carbocycles. The number of nitrogen functional groups attached to an aromatic ring is 1. The second-order valence-electron chi connectivity index (χ2n) is 5.43. The Morgan fingerprint density at radius 3 is 2.18 bits per heavy atom. The molecule has 0 bridgehead atoms. The van der Waals surface area contributed by atoms with Crippen LogP contribution in [0.4, 0.5) is 5.69 Å². The van der Waals surface area contributed by atoms with Crippen LogP contribution in [0.2, 0.25) is 0 Å². The van der Waals surface area contributed by atoms with Gasteiger partial charge in [-0.05, 0) is 36.1 Å². The first-order valence-electron chi connectivity index (χ1n) is 7.03. The van der Waals surface area contributed by atoms with Gasteiger partial charge >= 0.3 is 0 Å². The summed E-state index contributed by atoms with van der Waals surface area (Å²) in [5.74, 6) is -0.0309. The van der Waals surface area contributed by atoms with Gasteiger partial charge in [0.1, 0.15) is 0 Å². The summed E-state index contributed by atoms with van der Waals surface area (Å²) in [6.45, 7) is 1.93. The summed E-state index contributed by atoms with van der Waals surface area (Å²) in [6, 6.07) is 18.1. The van der Waals surface area contributed by atoms with Crippen molar-refractivity contribution in [3.8, 4) is 0 Å². The van der Waals surface area contributed by atoms with Gasteiger partial charge in [-0.15, -0.1) is 0 Å². The highest BCUT2D eigenvalue weighted by molar-refractivity contribution is 7.90. The number of nitrogens with two attached hydrogens (primary N) is 1. The molecule has 0 aromatic heterocycles. The van der Waals surface area contributed by atoms with Crippen LogP contribution < -0.4 is 5.73 Å². The van der Waals surface area contributed by atoms with Crippen molar-refractivity contribution < 1.29 is 8.42 Å². The maximum atomic E-state index is 12.6. The summed E-state index contributed by atoms with van der Waals surface area (Å²) in [6.07, 6.45) is 0. The van der Waals surface area contributed by atoms with Crippen LogP contribution in [0.25, 0.3) is 10.8 Å². The van der Waals surface area contributed by atoms with Crippen molar-refractivity contribution in [3.63, 3.8) is 0 Å². The molecule has 0 heterocycles. The zero-order chi connectivity index (χ0) is 15.7. The van der Waals surface area contributed by atoms with E-state index < -0.39 is 9.84 Å². The van der Waals surface area contributed by atoms with Gasteiger partial charge in [-0.2, -0.15) is 0 Å². The molecule has 4 heteroatoms. The Hall–Kier alpha value is -2.33. The predicted molar refractivity (Wildman–Crippen MR) is 90.4 cm³/mol. The number of rotatable bonds is 3. The number of anilines is 1. The molecule has 2 N–H and O–H groups in total. The molecule has 112 valence electrons. The molecule has 0 atom stereocenters. The van der Waals surface area contributed by atoms with Crippen LogP contribution in [0.15, 0.2) is 65.6 Å². The zero-order valence-corrected chi connectivity index (χ0v) is 13.1. The SMILES string of the molecule is Cc1ccc(S(=O)(=O)Cc2ccc(N)c3ccccc23)cc1. The van der Waals surface area contributed by atoms with E-state index >= 15 is 0 Å². The van der Waals surface area contributed by atoms with Crippen molar-refractivity contribution in [3.05, 3.63) is 71.8 Å². The maximum absolute atomic E-state index is 12.6. The third kappa shape index (κ3) is 2.70. The third-order valence-electron chi connectivity index (χ3n) is 3.77. The van der Waals surface area contributed by atoms with E-state index in [1.165, 1.54) is 0 Å². The van der Waals surface area contributed by atoms with E-state index in [2.05, 4.69) is 0 Å². The van der Waals surface area contributed by atoms with Crippen LogP contribution >= 0.6 is 0 Å². The minimum absolute atomic E-state index is 0.0309. The second-order valence-corrected chi connectivity index (χ2v) is 7.42. The van der Waals surface area contributed by atoms with Gasteiger partial charge in [0, 0.05) is 11.1 Å². The highest BCUT2D eigenvalue weighted by atomic mass is 32.2. The van der Waals surface area contributed by atoms with Gasteiger partial charge in [-0.25, -0.2) is 8.42 Å². The fraction of sp³-hybridized carbons (Fsp3) is 0.111. The molecule has 0 amide bonds. The first kappa shape index (κ1) is 14.6. The topological polar surface area (TPSA) is 60.2 Å². The molecule has 0 aliphatic carbocycles. The normalized spacial score (nSPS) is 11.7. The van der Waals surface area contributed by atoms with Crippen molar-refractivity contribution in [2.75, 3.05) is 5.73 Å². The van der Waals surface area contributed by atoms with E-state index in [9.17, 15) is 8.42 Å². The number of hydrogen-bond acceptors (Lipinski definition) is 3. The van der Waals surface area contributed by atoms with Gasteiger partial charge in [-0.3, -0.25) is 0 Å². The number of benzene rings is 3. The van der Waals surface area contributed by atoms with Gasteiger partial charge < -0.3 is 5.73 Å². The molecule has 3 aromatic carbocycles. The monoisotopic (exact) mass is 311 g/mol. The molecule has 0 saturated heterocycles. The standard InChI is InChI=1S/C18H17NO2S/c1-13-6-9-15(10-7-13)22(20,21)12-14-8-11-18(19)17-5-3-2-4-16(14)17/h2-11H,12,19H2,1H3. The van der Waals surface area contributed by atoms with E-state index in [0.717, 1.165) is 21.9 Å². The summed E-state index contributed by atoms with van der Waals surface area (Å²) in [7, 11) is -3.38. The Kier molecular flexibility index (Phi) is 3.62. The Bertz CT molecular complexity index is 929. The zero-order valence-electron chi connectivity index (χ0n) is 12.3. The Labute approximate surface area is 130 Å². The molecule has 3 nitrogen and oxygen atoms in total. The van der Waals surface area contributed by atoms with Crippen LogP contribution in [0.5, 0.6) is 0 Å². The first-order valence-corrected chi connectivity index (χ1v) is 8.68. The Balaban J connectivity index is 2.06. The average molecular weight is 311 g/mol. The van der Waals surface area contributed by atoms with Crippen LogP contribution in [0.3, 0.4) is 0 Å². The van der Waals surface area contributed by atoms with Crippen molar-refractivity contribution in [1.82, 2.24) is 0 Å². The Morgan fingerprint density at radius 2 is 1.50 bits per heavy atom. The van der Waals surface area contributed by atoms with E-state index in [-0.39, 0.29) is 5.75 Å². The smallest absolute Gasteiger partial charge is 0.182 e. The fourth-order valence-corrected chi connectivity index (χ4v) is 3.92. The molecule has 0 radical (unpaired) electrons. The lowest BCUT2D eigenvalue weighted by atomic mass is 10.0. The highest BCUT2D eigenvalue weighted by Gasteiger charge is 2.17. The molecule has 22 heavy (non-hydrogen) atoms. The quantitative estimate of drug-likeness (QED) is 0.750. The minimum Gasteiger partial charge on any atom is -0.398 e. The first-order chi connectivity index (χ1) is 10.5. The lowest BCUT2D eigenvalue weighted by molar-refractivity contribution is 0.595. The number of aryl methyl sites for hydroxylation is 1.